The first-order chi connectivity index (χ1) is 12.2. The van der Waals surface area contributed by atoms with Gasteiger partial charge in [-0.2, -0.15) is 5.10 Å². The molecule has 7 heteroatoms. The smallest absolute Gasteiger partial charge is 0.267 e. The Labute approximate surface area is 145 Å². The Morgan fingerprint density at radius 1 is 1.16 bits per heavy atom. The molecular weight excluding hydrogens is 322 g/mol. The molecule has 0 bridgehead atoms. The van der Waals surface area contributed by atoms with Gasteiger partial charge in [-0.1, -0.05) is 0 Å². The van der Waals surface area contributed by atoms with Gasteiger partial charge >= 0.3 is 0 Å². The highest BCUT2D eigenvalue weighted by Gasteiger charge is 2.31. The summed E-state index contributed by atoms with van der Waals surface area (Å²) in [6, 6.07) is 6.81. The summed E-state index contributed by atoms with van der Waals surface area (Å²) < 4.78 is 12.4. The summed E-state index contributed by atoms with van der Waals surface area (Å²) in [5, 5.41) is 4.47. The quantitative estimate of drug-likeness (QED) is 0.850. The van der Waals surface area contributed by atoms with Crippen molar-refractivity contribution in [1.82, 2.24) is 14.7 Å². The molecule has 4 heterocycles. The van der Waals surface area contributed by atoms with Crippen LogP contribution >= 0.6 is 0 Å². The molecule has 0 N–H and O–H groups in total. The molecule has 2 aromatic rings. The van der Waals surface area contributed by atoms with Crippen LogP contribution in [0, 0.1) is 0 Å². The lowest BCUT2D eigenvalue weighted by Crippen LogP contribution is -2.45. The number of piperidine rings is 1. The van der Waals surface area contributed by atoms with E-state index in [0.29, 0.717) is 44.0 Å². The number of aromatic nitrogens is 2. The molecule has 0 unspecified atom stereocenters. The standard InChI is InChI=1S/C18H21N3O4/c22-17-6-5-14(15-3-1-11-24-15)19-21(17)13-7-9-20(10-8-13)18(23)16-4-2-12-25-16/h1,3,5-6,11,13,16H,2,4,7-10,12H2/t16-/m0/s1. The number of ether oxygens (including phenoxy) is 1. The summed E-state index contributed by atoms with van der Waals surface area (Å²) >= 11 is 0. The average Bonchev–Trinajstić information content (AvgIpc) is 3.35. The Morgan fingerprint density at radius 2 is 2.00 bits per heavy atom. The highest BCUT2D eigenvalue weighted by atomic mass is 16.5. The zero-order chi connectivity index (χ0) is 17.2. The fourth-order valence-electron chi connectivity index (χ4n) is 3.55. The van der Waals surface area contributed by atoms with Crippen LogP contribution in [0.2, 0.25) is 0 Å². The van der Waals surface area contributed by atoms with Crippen molar-refractivity contribution in [1.29, 1.82) is 0 Å². The fourth-order valence-corrected chi connectivity index (χ4v) is 3.55. The highest BCUT2D eigenvalue weighted by molar-refractivity contribution is 5.81. The number of hydrogen-bond donors (Lipinski definition) is 0. The van der Waals surface area contributed by atoms with Crippen LogP contribution < -0.4 is 5.56 Å². The Kier molecular flexibility index (Phi) is 4.40. The second kappa shape index (κ2) is 6.84. The van der Waals surface area contributed by atoms with Crippen LogP contribution in [0.3, 0.4) is 0 Å². The summed E-state index contributed by atoms with van der Waals surface area (Å²) in [5.74, 6) is 0.723. The molecule has 0 spiro atoms. The van der Waals surface area contributed by atoms with Gasteiger partial charge in [-0.25, -0.2) is 4.68 Å². The second-order valence-corrected chi connectivity index (χ2v) is 6.54. The number of rotatable bonds is 3. The molecule has 2 aliphatic heterocycles. The first-order valence-corrected chi connectivity index (χ1v) is 8.76. The topological polar surface area (TPSA) is 77.6 Å². The van der Waals surface area contributed by atoms with E-state index in [1.807, 2.05) is 11.0 Å². The monoisotopic (exact) mass is 343 g/mol. The molecule has 2 aliphatic rings. The van der Waals surface area contributed by atoms with Crippen LogP contribution in [0.4, 0.5) is 0 Å². The molecule has 2 fully saturated rings. The lowest BCUT2D eigenvalue weighted by Gasteiger charge is -2.33. The van der Waals surface area contributed by atoms with Gasteiger partial charge in [0.05, 0.1) is 12.3 Å². The Bertz CT molecular complexity index is 785. The van der Waals surface area contributed by atoms with Crippen molar-refractivity contribution in [3.63, 3.8) is 0 Å². The van der Waals surface area contributed by atoms with E-state index < -0.39 is 0 Å². The molecule has 25 heavy (non-hydrogen) atoms. The van der Waals surface area contributed by atoms with Crippen LogP contribution in [0.1, 0.15) is 31.7 Å². The third-order valence-corrected chi connectivity index (χ3v) is 4.93. The summed E-state index contributed by atoms with van der Waals surface area (Å²) in [4.78, 5) is 26.5. The number of likely N-dealkylation sites (tertiary alicyclic amines) is 1. The maximum atomic E-state index is 12.4. The second-order valence-electron chi connectivity index (χ2n) is 6.54. The minimum atomic E-state index is -0.278. The molecule has 1 atom stereocenters. The lowest BCUT2D eigenvalue weighted by atomic mass is 10.0. The number of nitrogens with zero attached hydrogens (tertiary/aromatic N) is 3. The molecule has 2 saturated heterocycles. The fraction of sp³-hybridized carbons (Fsp3) is 0.500. The van der Waals surface area contributed by atoms with E-state index >= 15 is 0 Å². The van der Waals surface area contributed by atoms with Crippen LogP contribution in [0.25, 0.3) is 11.5 Å². The number of amides is 1. The molecule has 0 aromatic carbocycles. The minimum absolute atomic E-state index is 0.00374. The molecule has 0 aliphatic carbocycles. The van der Waals surface area contributed by atoms with Gasteiger partial charge in [-0.15, -0.1) is 0 Å². The maximum absolute atomic E-state index is 12.4. The largest absolute Gasteiger partial charge is 0.463 e. The molecule has 0 radical (unpaired) electrons. The van der Waals surface area contributed by atoms with Crippen molar-refractivity contribution in [2.75, 3.05) is 19.7 Å². The predicted octanol–water partition coefficient (Wildman–Crippen LogP) is 1.85. The minimum Gasteiger partial charge on any atom is -0.463 e. The Morgan fingerprint density at radius 3 is 2.68 bits per heavy atom. The third kappa shape index (κ3) is 3.24. The molecular formula is C18H21N3O4. The summed E-state index contributed by atoms with van der Waals surface area (Å²) in [5.41, 5.74) is 0.515. The molecule has 0 saturated carbocycles. The summed E-state index contributed by atoms with van der Waals surface area (Å²) in [6.45, 7) is 1.93. The van der Waals surface area contributed by atoms with Crippen molar-refractivity contribution in [2.45, 2.75) is 37.8 Å². The van der Waals surface area contributed by atoms with Gasteiger partial charge < -0.3 is 14.1 Å². The van der Waals surface area contributed by atoms with Gasteiger partial charge in [0.25, 0.3) is 11.5 Å². The van der Waals surface area contributed by atoms with E-state index in [4.69, 9.17) is 9.15 Å². The highest BCUT2D eigenvalue weighted by Crippen LogP contribution is 2.24. The van der Waals surface area contributed by atoms with Gasteiger partial charge in [0.1, 0.15) is 11.8 Å². The van der Waals surface area contributed by atoms with E-state index in [9.17, 15) is 9.59 Å². The Balaban J connectivity index is 1.46. The number of carbonyl (C=O) groups is 1. The molecule has 1 amide bonds. The number of furan rings is 1. The van der Waals surface area contributed by atoms with Gasteiger partial charge in [0, 0.05) is 25.8 Å². The van der Waals surface area contributed by atoms with Crippen molar-refractivity contribution >= 4 is 5.91 Å². The van der Waals surface area contributed by atoms with E-state index in [0.717, 1.165) is 12.8 Å². The SMILES string of the molecule is O=C([C@@H]1CCCO1)N1CCC(n2nc(-c3ccco3)ccc2=O)CC1. The maximum Gasteiger partial charge on any atom is 0.267 e. The normalized spacial score (nSPS) is 21.6. The van der Waals surface area contributed by atoms with E-state index in [-0.39, 0.29) is 23.6 Å². The molecule has 4 rings (SSSR count). The lowest BCUT2D eigenvalue weighted by molar-refractivity contribution is -0.142. The van der Waals surface area contributed by atoms with Crippen molar-refractivity contribution in [3.05, 3.63) is 40.9 Å². The summed E-state index contributed by atoms with van der Waals surface area (Å²) in [7, 11) is 0. The van der Waals surface area contributed by atoms with Gasteiger partial charge in [-0.3, -0.25) is 9.59 Å². The first-order valence-electron chi connectivity index (χ1n) is 8.76. The molecule has 132 valence electrons. The Hall–Kier alpha value is -2.41. The van der Waals surface area contributed by atoms with Gasteiger partial charge in [-0.05, 0) is 43.9 Å². The van der Waals surface area contributed by atoms with Gasteiger partial charge in [0.15, 0.2) is 5.76 Å². The van der Waals surface area contributed by atoms with E-state index in [2.05, 4.69) is 5.10 Å². The van der Waals surface area contributed by atoms with Crippen molar-refractivity contribution in [3.8, 4) is 11.5 Å². The van der Waals surface area contributed by atoms with E-state index in [1.54, 1.807) is 18.4 Å². The average molecular weight is 343 g/mol. The van der Waals surface area contributed by atoms with Crippen molar-refractivity contribution < 1.29 is 13.9 Å². The molecule has 7 nitrogen and oxygen atoms in total. The first kappa shape index (κ1) is 16.1. The van der Waals surface area contributed by atoms with Gasteiger partial charge in [0.2, 0.25) is 0 Å². The van der Waals surface area contributed by atoms with Crippen molar-refractivity contribution in [2.24, 2.45) is 0 Å². The van der Waals surface area contributed by atoms with Crippen LogP contribution in [0.15, 0.2) is 39.7 Å². The van der Waals surface area contributed by atoms with E-state index in [1.165, 1.54) is 10.7 Å². The third-order valence-electron chi connectivity index (χ3n) is 4.93. The number of carbonyl (C=O) groups excluding carboxylic acids is 1. The summed E-state index contributed by atoms with van der Waals surface area (Å²) in [6.07, 6.45) is 4.50. The zero-order valence-electron chi connectivity index (χ0n) is 14.0. The molecule has 2 aromatic heterocycles. The zero-order valence-corrected chi connectivity index (χ0v) is 14.0. The van der Waals surface area contributed by atoms with Crippen LogP contribution in [0.5, 0.6) is 0 Å². The van der Waals surface area contributed by atoms with Crippen LogP contribution in [-0.4, -0.2) is 46.4 Å². The number of hydrogen-bond acceptors (Lipinski definition) is 5. The van der Waals surface area contributed by atoms with Crippen LogP contribution in [-0.2, 0) is 9.53 Å². The predicted molar refractivity (Wildman–Crippen MR) is 90.0 cm³/mol.